The maximum absolute atomic E-state index is 12.1. The largest absolute Gasteiger partial charge is 0.354 e. The summed E-state index contributed by atoms with van der Waals surface area (Å²) >= 11 is 6.11. The first-order valence-electron chi connectivity index (χ1n) is 7.88. The van der Waals surface area contributed by atoms with Crippen molar-refractivity contribution in [3.8, 4) is 5.69 Å². The van der Waals surface area contributed by atoms with E-state index in [1.165, 1.54) is 6.20 Å². The monoisotopic (exact) mass is 348 g/mol. The molecule has 2 N–H and O–H groups in total. The van der Waals surface area contributed by atoms with Crippen molar-refractivity contribution in [2.24, 2.45) is 0 Å². The number of hydrogen-bond donors (Lipinski definition) is 2. The van der Waals surface area contributed by atoms with Crippen molar-refractivity contribution in [1.82, 2.24) is 20.4 Å². The second-order valence-corrected chi connectivity index (χ2v) is 5.91. The minimum absolute atomic E-state index is 0.0728. The zero-order valence-electron chi connectivity index (χ0n) is 13.8. The van der Waals surface area contributed by atoms with E-state index in [2.05, 4.69) is 15.7 Å². The molecule has 0 aliphatic rings. The fraction of sp³-hybridized carbons (Fsp3) is 0.353. The lowest BCUT2D eigenvalue weighted by Gasteiger charge is -2.11. The van der Waals surface area contributed by atoms with E-state index in [0.717, 1.165) is 6.42 Å². The molecule has 1 atom stereocenters. The van der Waals surface area contributed by atoms with Crippen LogP contribution in [-0.4, -0.2) is 34.2 Å². The van der Waals surface area contributed by atoms with Crippen molar-refractivity contribution in [2.75, 3.05) is 6.54 Å². The quantitative estimate of drug-likeness (QED) is 0.807. The summed E-state index contributed by atoms with van der Waals surface area (Å²) < 4.78 is 1.55. The summed E-state index contributed by atoms with van der Waals surface area (Å²) in [4.78, 5) is 23.8. The zero-order chi connectivity index (χ0) is 17.5. The molecule has 1 heterocycles. The standard InChI is InChI=1S/C17H21ClN4O2/c1-3-12(2)21-16(23)8-9-19-17(24)13-10-20-22(11-13)15-7-5-4-6-14(15)18/h4-7,10-12H,3,8-9H2,1-2H3,(H,19,24)(H,21,23)/t12-/m1/s1. The topological polar surface area (TPSA) is 76.0 Å². The van der Waals surface area contributed by atoms with Crippen LogP contribution in [0.25, 0.3) is 5.69 Å². The van der Waals surface area contributed by atoms with Crippen LogP contribution in [-0.2, 0) is 4.79 Å². The highest BCUT2D eigenvalue weighted by atomic mass is 35.5. The highest BCUT2D eigenvalue weighted by Crippen LogP contribution is 2.19. The molecule has 0 unspecified atom stereocenters. The summed E-state index contributed by atoms with van der Waals surface area (Å²) in [5.74, 6) is -0.346. The first-order valence-corrected chi connectivity index (χ1v) is 8.26. The van der Waals surface area contributed by atoms with E-state index in [0.29, 0.717) is 16.3 Å². The molecule has 0 fully saturated rings. The highest BCUT2D eigenvalue weighted by Gasteiger charge is 2.11. The van der Waals surface area contributed by atoms with Crippen LogP contribution in [0, 0.1) is 0 Å². The number of halogens is 1. The van der Waals surface area contributed by atoms with Gasteiger partial charge < -0.3 is 10.6 Å². The van der Waals surface area contributed by atoms with Crippen molar-refractivity contribution in [2.45, 2.75) is 32.7 Å². The Kier molecular flexibility index (Phi) is 6.37. The Hall–Kier alpha value is -2.34. The van der Waals surface area contributed by atoms with Crippen LogP contribution in [0.3, 0.4) is 0 Å². The lowest BCUT2D eigenvalue weighted by molar-refractivity contribution is -0.121. The molecular weight excluding hydrogens is 328 g/mol. The Labute approximate surface area is 146 Å². The number of nitrogens with one attached hydrogen (secondary N) is 2. The minimum Gasteiger partial charge on any atom is -0.354 e. The van der Waals surface area contributed by atoms with Gasteiger partial charge in [-0.1, -0.05) is 30.7 Å². The molecular formula is C17H21ClN4O2. The molecule has 0 saturated heterocycles. The Balaban J connectivity index is 1.88. The fourth-order valence-electron chi connectivity index (χ4n) is 2.05. The summed E-state index contributed by atoms with van der Waals surface area (Å²) in [5, 5.41) is 10.3. The second kappa shape index (κ2) is 8.49. The summed E-state index contributed by atoms with van der Waals surface area (Å²) in [7, 11) is 0. The number of aromatic nitrogens is 2. The number of amides is 2. The molecule has 24 heavy (non-hydrogen) atoms. The first kappa shape index (κ1) is 18.0. The molecule has 0 aliphatic heterocycles. The van der Waals surface area contributed by atoms with Gasteiger partial charge in [0.1, 0.15) is 0 Å². The van der Waals surface area contributed by atoms with E-state index in [1.807, 2.05) is 32.0 Å². The maximum Gasteiger partial charge on any atom is 0.254 e. The number of hydrogen-bond acceptors (Lipinski definition) is 3. The van der Waals surface area contributed by atoms with Crippen LogP contribution in [0.5, 0.6) is 0 Å². The van der Waals surface area contributed by atoms with Crippen molar-refractivity contribution in [3.63, 3.8) is 0 Å². The number of carbonyl (C=O) groups excluding carboxylic acids is 2. The lowest BCUT2D eigenvalue weighted by atomic mass is 10.2. The van der Waals surface area contributed by atoms with E-state index in [1.54, 1.807) is 16.9 Å². The van der Waals surface area contributed by atoms with Crippen LogP contribution in [0.1, 0.15) is 37.0 Å². The maximum atomic E-state index is 12.1. The smallest absolute Gasteiger partial charge is 0.254 e. The van der Waals surface area contributed by atoms with Gasteiger partial charge in [-0.25, -0.2) is 4.68 Å². The van der Waals surface area contributed by atoms with Gasteiger partial charge in [-0.3, -0.25) is 9.59 Å². The Morgan fingerprint density at radius 2 is 2.08 bits per heavy atom. The van der Waals surface area contributed by atoms with Gasteiger partial charge >= 0.3 is 0 Å². The summed E-state index contributed by atoms with van der Waals surface area (Å²) in [6, 6.07) is 7.39. The van der Waals surface area contributed by atoms with Crippen molar-refractivity contribution in [3.05, 3.63) is 47.2 Å². The molecule has 128 valence electrons. The third kappa shape index (κ3) is 4.83. The minimum atomic E-state index is -0.273. The fourth-order valence-corrected chi connectivity index (χ4v) is 2.27. The Bertz CT molecular complexity index is 714. The van der Waals surface area contributed by atoms with Gasteiger partial charge in [0.2, 0.25) is 5.91 Å². The van der Waals surface area contributed by atoms with Gasteiger partial charge in [0.25, 0.3) is 5.91 Å². The second-order valence-electron chi connectivity index (χ2n) is 5.51. The molecule has 1 aromatic carbocycles. The van der Waals surface area contributed by atoms with Crippen molar-refractivity contribution >= 4 is 23.4 Å². The lowest BCUT2D eigenvalue weighted by Crippen LogP contribution is -2.35. The number of rotatable bonds is 7. The first-order chi connectivity index (χ1) is 11.5. The highest BCUT2D eigenvalue weighted by molar-refractivity contribution is 6.32. The Morgan fingerprint density at radius 1 is 1.33 bits per heavy atom. The van der Waals surface area contributed by atoms with E-state index < -0.39 is 0 Å². The van der Waals surface area contributed by atoms with E-state index >= 15 is 0 Å². The number of carbonyl (C=O) groups is 2. The van der Waals surface area contributed by atoms with Crippen molar-refractivity contribution < 1.29 is 9.59 Å². The summed E-state index contributed by atoms with van der Waals surface area (Å²) in [6.07, 6.45) is 4.20. The number of benzene rings is 1. The van der Waals surface area contributed by atoms with Gasteiger partial charge in [0.15, 0.2) is 0 Å². The summed E-state index contributed by atoms with van der Waals surface area (Å²) in [5.41, 5.74) is 1.11. The average Bonchev–Trinajstić information content (AvgIpc) is 3.04. The molecule has 0 radical (unpaired) electrons. The molecule has 2 aromatic rings. The predicted octanol–water partition coefficient (Wildman–Crippen LogP) is 2.56. The molecule has 0 spiro atoms. The molecule has 0 bridgehead atoms. The van der Waals surface area contributed by atoms with Gasteiger partial charge in [0.05, 0.1) is 22.5 Å². The molecule has 7 heteroatoms. The zero-order valence-corrected chi connectivity index (χ0v) is 14.5. The van der Waals surface area contributed by atoms with Crippen LogP contribution in [0.15, 0.2) is 36.7 Å². The van der Waals surface area contributed by atoms with Crippen LogP contribution >= 0.6 is 11.6 Å². The van der Waals surface area contributed by atoms with Gasteiger partial charge in [-0.05, 0) is 25.5 Å². The SMILES string of the molecule is CC[C@@H](C)NC(=O)CCNC(=O)c1cnn(-c2ccccc2Cl)c1. The number of para-hydroxylation sites is 1. The average molecular weight is 349 g/mol. The molecule has 1 aromatic heterocycles. The molecule has 6 nitrogen and oxygen atoms in total. The van der Waals surface area contributed by atoms with E-state index in [-0.39, 0.29) is 30.8 Å². The van der Waals surface area contributed by atoms with Gasteiger partial charge in [-0.15, -0.1) is 0 Å². The third-order valence-electron chi connectivity index (χ3n) is 3.60. The Morgan fingerprint density at radius 3 is 2.79 bits per heavy atom. The summed E-state index contributed by atoms with van der Waals surface area (Å²) in [6.45, 7) is 4.22. The van der Waals surface area contributed by atoms with Crippen LogP contribution in [0.4, 0.5) is 0 Å². The van der Waals surface area contributed by atoms with Gasteiger partial charge in [0, 0.05) is 25.2 Å². The third-order valence-corrected chi connectivity index (χ3v) is 3.92. The molecule has 0 saturated carbocycles. The van der Waals surface area contributed by atoms with Crippen LogP contribution < -0.4 is 10.6 Å². The predicted molar refractivity (Wildman–Crippen MR) is 93.4 cm³/mol. The normalized spacial score (nSPS) is 11.8. The van der Waals surface area contributed by atoms with Crippen molar-refractivity contribution in [1.29, 1.82) is 0 Å². The molecule has 2 rings (SSSR count). The molecule has 2 amide bonds. The van der Waals surface area contributed by atoms with Gasteiger partial charge in [-0.2, -0.15) is 5.10 Å². The molecule has 0 aliphatic carbocycles. The van der Waals surface area contributed by atoms with E-state index in [9.17, 15) is 9.59 Å². The van der Waals surface area contributed by atoms with Crippen LogP contribution in [0.2, 0.25) is 5.02 Å². The number of nitrogens with zero attached hydrogens (tertiary/aromatic N) is 2. The van der Waals surface area contributed by atoms with E-state index in [4.69, 9.17) is 11.6 Å².